The van der Waals surface area contributed by atoms with Gasteiger partial charge in [0.2, 0.25) is 11.8 Å². The van der Waals surface area contributed by atoms with Crippen LogP contribution in [0.5, 0.6) is 0 Å². The number of rotatable bonds is 6. The number of carboxylic acids is 1. The van der Waals surface area contributed by atoms with Crippen molar-refractivity contribution >= 4 is 29.7 Å². The van der Waals surface area contributed by atoms with Gasteiger partial charge in [-0.2, -0.15) is 0 Å². The SMILES string of the molecule is NC(=O)CN1C(=O)C2CN(C(=O)CC3(CC(=O)O)CCCC3)CCN2C1=O. The minimum absolute atomic E-state index is 0.0358. The maximum atomic E-state index is 12.8. The molecule has 2 heterocycles. The summed E-state index contributed by atoms with van der Waals surface area (Å²) in [4.78, 5) is 63.5. The molecule has 0 radical (unpaired) electrons. The van der Waals surface area contributed by atoms with E-state index in [1.54, 1.807) is 0 Å². The quantitative estimate of drug-likeness (QED) is 0.588. The Kier molecular flexibility index (Phi) is 5.07. The molecule has 3 rings (SSSR count). The first-order valence-electron chi connectivity index (χ1n) is 9.12. The monoisotopic (exact) mass is 380 g/mol. The smallest absolute Gasteiger partial charge is 0.328 e. The number of nitrogens with zero attached hydrogens (tertiary/aromatic N) is 3. The highest BCUT2D eigenvalue weighted by Gasteiger charge is 2.49. The molecule has 3 fully saturated rings. The number of hydrogen-bond acceptors (Lipinski definition) is 5. The molecule has 10 heteroatoms. The van der Waals surface area contributed by atoms with Gasteiger partial charge in [0.15, 0.2) is 0 Å². The molecule has 0 spiro atoms. The first kappa shape index (κ1) is 19.1. The van der Waals surface area contributed by atoms with Crippen LogP contribution in [-0.4, -0.2) is 81.7 Å². The zero-order chi connectivity index (χ0) is 19.8. The molecule has 1 aliphatic carbocycles. The fourth-order valence-electron chi connectivity index (χ4n) is 4.47. The summed E-state index contributed by atoms with van der Waals surface area (Å²) in [6.45, 7) is 0.0618. The standard InChI is InChI=1S/C17H24N4O6/c18-12(22)10-21-15(26)11-9-19(5-6-20(11)16(21)27)13(23)7-17(8-14(24)25)3-1-2-4-17/h11H,1-10H2,(H2,18,22)(H,24,25). The lowest BCUT2D eigenvalue weighted by atomic mass is 9.79. The maximum Gasteiger partial charge on any atom is 0.328 e. The number of fused-ring (bicyclic) bond motifs is 1. The van der Waals surface area contributed by atoms with Crippen molar-refractivity contribution in [3.63, 3.8) is 0 Å². The Hall–Kier alpha value is -2.65. The van der Waals surface area contributed by atoms with Gasteiger partial charge in [0, 0.05) is 19.5 Å². The Labute approximate surface area is 156 Å². The van der Waals surface area contributed by atoms with E-state index in [4.69, 9.17) is 5.73 Å². The summed E-state index contributed by atoms with van der Waals surface area (Å²) < 4.78 is 0. The highest BCUT2D eigenvalue weighted by Crippen LogP contribution is 2.44. The predicted octanol–water partition coefficient (Wildman–Crippen LogP) is -0.628. The van der Waals surface area contributed by atoms with Gasteiger partial charge in [-0.15, -0.1) is 0 Å². The van der Waals surface area contributed by atoms with E-state index in [0.29, 0.717) is 12.8 Å². The second-order valence-corrected chi connectivity index (χ2v) is 7.68. The number of carboxylic acid groups (broad SMARTS) is 1. The van der Waals surface area contributed by atoms with Gasteiger partial charge in [-0.3, -0.25) is 24.1 Å². The number of carbonyl (C=O) groups excluding carboxylic acids is 4. The third-order valence-electron chi connectivity index (χ3n) is 5.79. The lowest BCUT2D eigenvalue weighted by Gasteiger charge is -2.37. The van der Waals surface area contributed by atoms with Gasteiger partial charge in [-0.1, -0.05) is 12.8 Å². The van der Waals surface area contributed by atoms with E-state index >= 15 is 0 Å². The predicted molar refractivity (Wildman–Crippen MR) is 91.1 cm³/mol. The molecule has 3 N–H and O–H groups in total. The first-order valence-corrected chi connectivity index (χ1v) is 9.12. The van der Waals surface area contributed by atoms with Gasteiger partial charge in [-0.25, -0.2) is 4.79 Å². The second kappa shape index (κ2) is 7.16. The molecular formula is C17H24N4O6. The van der Waals surface area contributed by atoms with Crippen LogP contribution in [0.3, 0.4) is 0 Å². The minimum Gasteiger partial charge on any atom is -0.481 e. The summed E-state index contributed by atoms with van der Waals surface area (Å²) >= 11 is 0. The zero-order valence-electron chi connectivity index (χ0n) is 15.1. The highest BCUT2D eigenvalue weighted by molar-refractivity contribution is 6.06. The minimum atomic E-state index is -0.909. The maximum absolute atomic E-state index is 12.8. The third kappa shape index (κ3) is 3.74. The van der Waals surface area contributed by atoms with Gasteiger partial charge in [0.05, 0.1) is 13.0 Å². The average Bonchev–Trinajstić information content (AvgIpc) is 3.12. The molecule has 0 aromatic heterocycles. The van der Waals surface area contributed by atoms with Gasteiger partial charge >= 0.3 is 12.0 Å². The second-order valence-electron chi connectivity index (χ2n) is 7.68. The number of urea groups is 1. The fraction of sp³-hybridized carbons (Fsp3) is 0.706. The van der Waals surface area contributed by atoms with Crippen LogP contribution in [0.1, 0.15) is 38.5 Å². The fourth-order valence-corrected chi connectivity index (χ4v) is 4.47. The van der Waals surface area contributed by atoms with E-state index in [0.717, 1.165) is 17.7 Å². The lowest BCUT2D eigenvalue weighted by Crippen LogP contribution is -2.55. The van der Waals surface area contributed by atoms with Crippen LogP contribution < -0.4 is 5.73 Å². The van der Waals surface area contributed by atoms with Crippen molar-refractivity contribution in [2.75, 3.05) is 26.2 Å². The number of carbonyl (C=O) groups is 5. The van der Waals surface area contributed by atoms with E-state index in [1.807, 2.05) is 0 Å². The van der Waals surface area contributed by atoms with Crippen LogP contribution in [0, 0.1) is 5.41 Å². The Balaban J connectivity index is 1.67. The first-order chi connectivity index (χ1) is 12.7. The molecule has 148 valence electrons. The number of nitrogens with two attached hydrogens (primary N) is 1. The molecule has 1 atom stereocenters. The van der Waals surface area contributed by atoms with Crippen molar-refractivity contribution in [3.05, 3.63) is 0 Å². The van der Waals surface area contributed by atoms with Crippen molar-refractivity contribution in [3.8, 4) is 0 Å². The Bertz CT molecular complexity index is 687. The van der Waals surface area contributed by atoms with Crippen molar-refractivity contribution < 1.29 is 29.1 Å². The van der Waals surface area contributed by atoms with E-state index in [-0.39, 0.29) is 38.4 Å². The Morgan fingerprint density at radius 3 is 2.37 bits per heavy atom. The molecule has 1 saturated carbocycles. The normalized spacial score (nSPS) is 24.3. The summed E-state index contributed by atoms with van der Waals surface area (Å²) in [6.07, 6.45) is 3.33. The van der Waals surface area contributed by atoms with E-state index in [9.17, 15) is 29.1 Å². The average molecular weight is 380 g/mol. The summed E-state index contributed by atoms with van der Waals surface area (Å²) in [7, 11) is 0. The molecule has 5 amide bonds. The van der Waals surface area contributed by atoms with Crippen LogP contribution >= 0.6 is 0 Å². The largest absolute Gasteiger partial charge is 0.481 e. The van der Waals surface area contributed by atoms with Crippen LogP contribution in [0.2, 0.25) is 0 Å². The summed E-state index contributed by atoms with van der Waals surface area (Å²) in [5, 5.41) is 9.19. The molecule has 27 heavy (non-hydrogen) atoms. The van der Waals surface area contributed by atoms with Crippen LogP contribution in [0.4, 0.5) is 4.79 Å². The molecule has 3 aliphatic rings. The Morgan fingerprint density at radius 2 is 1.78 bits per heavy atom. The van der Waals surface area contributed by atoms with Gasteiger partial charge < -0.3 is 20.6 Å². The molecule has 0 aromatic rings. The number of imide groups is 1. The third-order valence-corrected chi connectivity index (χ3v) is 5.79. The van der Waals surface area contributed by atoms with Gasteiger partial charge in [0.25, 0.3) is 5.91 Å². The summed E-state index contributed by atoms with van der Waals surface area (Å²) in [5.74, 6) is -2.40. The number of amides is 5. The van der Waals surface area contributed by atoms with Crippen LogP contribution in [0.15, 0.2) is 0 Å². The van der Waals surface area contributed by atoms with Crippen molar-refractivity contribution in [1.29, 1.82) is 0 Å². The van der Waals surface area contributed by atoms with E-state index in [2.05, 4.69) is 0 Å². The topological polar surface area (TPSA) is 141 Å². The van der Waals surface area contributed by atoms with E-state index in [1.165, 1.54) is 9.80 Å². The number of hydrogen-bond donors (Lipinski definition) is 2. The van der Waals surface area contributed by atoms with Crippen molar-refractivity contribution in [1.82, 2.24) is 14.7 Å². The number of piperazine rings is 1. The molecule has 2 aliphatic heterocycles. The summed E-state index contributed by atoms with van der Waals surface area (Å²) in [5.41, 5.74) is 4.57. The molecule has 0 aromatic carbocycles. The molecule has 1 unspecified atom stereocenters. The highest BCUT2D eigenvalue weighted by atomic mass is 16.4. The molecule has 2 saturated heterocycles. The van der Waals surface area contributed by atoms with Gasteiger partial charge in [-0.05, 0) is 18.3 Å². The van der Waals surface area contributed by atoms with Crippen LogP contribution in [0.25, 0.3) is 0 Å². The lowest BCUT2D eigenvalue weighted by molar-refractivity contribution is -0.142. The zero-order valence-corrected chi connectivity index (χ0v) is 15.1. The van der Waals surface area contributed by atoms with Gasteiger partial charge in [0.1, 0.15) is 12.6 Å². The molecular weight excluding hydrogens is 356 g/mol. The van der Waals surface area contributed by atoms with E-state index < -0.39 is 41.8 Å². The summed E-state index contributed by atoms with van der Waals surface area (Å²) in [6, 6.07) is -1.37. The molecule has 0 bridgehead atoms. The number of primary amides is 1. The van der Waals surface area contributed by atoms with Crippen LogP contribution in [-0.2, 0) is 19.2 Å². The Morgan fingerprint density at radius 1 is 1.11 bits per heavy atom. The number of aliphatic carboxylic acids is 1. The molecule has 10 nitrogen and oxygen atoms in total. The van der Waals surface area contributed by atoms with Crippen molar-refractivity contribution in [2.45, 2.75) is 44.6 Å². The van der Waals surface area contributed by atoms with Crippen molar-refractivity contribution in [2.24, 2.45) is 11.1 Å².